The highest BCUT2D eigenvalue weighted by atomic mass is 35.5. The first kappa shape index (κ1) is 12.0. The smallest absolute Gasteiger partial charge is 0.293 e. The average molecular weight is 270 g/mol. The topological polar surface area (TPSA) is 26.0 Å². The van der Waals surface area contributed by atoms with Gasteiger partial charge in [-0.25, -0.2) is 0 Å². The third-order valence-electron chi connectivity index (χ3n) is 2.96. The first-order valence-electron chi connectivity index (χ1n) is 6.03. The molecule has 0 aliphatic heterocycles. The van der Waals surface area contributed by atoms with Crippen LogP contribution < -0.4 is 0 Å². The van der Waals surface area contributed by atoms with Crippen molar-refractivity contribution in [2.75, 3.05) is 0 Å². The minimum Gasteiger partial charge on any atom is -0.427 e. The Hall–Kier alpha value is -2.06. The first-order valence-corrected chi connectivity index (χ1v) is 6.40. The van der Waals surface area contributed by atoms with E-state index in [0.717, 1.165) is 16.8 Å². The Morgan fingerprint density at radius 3 is 2.26 bits per heavy atom. The van der Waals surface area contributed by atoms with Crippen LogP contribution in [0.25, 0.3) is 22.6 Å². The third kappa shape index (κ3) is 2.40. The van der Waals surface area contributed by atoms with Crippen molar-refractivity contribution in [3.05, 3.63) is 65.5 Å². The van der Waals surface area contributed by atoms with Crippen molar-refractivity contribution in [2.45, 2.75) is 6.92 Å². The van der Waals surface area contributed by atoms with Gasteiger partial charge in [0.25, 0.3) is 5.35 Å². The number of rotatable bonds is 2. The number of nitrogens with zero attached hydrogens (tertiary/aromatic N) is 1. The van der Waals surface area contributed by atoms with Gasteiger partial charge in [0, 0.05) is 11.1 Å². The summed E-state index contributed by atoms with van der Waals surface area (Å²) in [6.07, 6.45) is 0. The molecule has 0 amide bonds. The summed E-state index contributed by atoms with van der Waals surface area (Å²) in [6, 6.07) is 18.0. The number of oxazole rings is 1. The van der Waals surface area contributed by atoms with Gasteiger partial charge < -0.3 is 4.42 Å². The summed E-state index contributed by atoms with van der Waals surface area (Å²) in [4.78, 5) is 4.28. The lowest BCUT2D eigenvalue weighted by Gasteiger charge is -2.01. The number of aromatic nitrogens is 1. The van der Waals surface area contributed by atoms with E-state index in [-0.39, 0.29) is 5.35 Å². The number of hydrogen-bond donors (Lipinski definition) is 0. The van der Waals surface area contributed by atoms with Crippen molar-refractivity contribution in [3.8, 4) is 22.6 Å². The minimum atomic E-state index is 0.162. The molecular weight excluding hydrogens is 258 g/mol. The molecular formula is C16H12ClNO. The molecule has 0 bridgehead atoms. The quantitative estimate of drug-likeness (QED) is 0.656. The fraction of sp³-hybridized carbons (Fsp3) is 0.0625. The Balaban J connectivity index is 2.15. The second-order valence-electron chi connectivity index (χ2n) is 4.38. The van der Waals surface area contributed by atoms with Gasteiger partial charge in [-0.2, -0.15) is 4.98 Å². The van der Waals surface area contributed by atoms with E-state index in [1.54, 1.807) is 0 Å². The van der Waals surface area contributed by atoms with Crippen LogP contribution in [-0.4, -0.2) is 4.98 Å². The van der Waals surface area contributed by atoms with Crippen LogP contribution >= 0.6 is 11.6 Å². The molecule has 0 atom stereocenters. The summed E-state index contributed by atoms with van der Waals surface area (Å²) in [5.74, 6) is 0.705. The summed E-state index contributed by atoms with van der Waals surface area (Å²) < 4.78 is 5.55. The monoisotopic (exact) mass is 269 g/mol. The summed E-state index contributed by atoms with van der Waals surface area (Å²) in [5, 5.41) is 0.162. The SMILES string of the molecule is Cc1ccc(-c2oc(Cl)nc2-c2ccccc2)cc1. The van der Waals surface area contributed by atoms with Gasteiger partial charge in [0.05, 0.1) is 0 Å². The Bertz CT molecular complexity index is 687. The number of hydrogen-bond acceptors (Lipinski definition) is 2. The van der Waals surface area contributed by atoms with E-state index in [9.17, 15) is 0 Å². The second-order valence-corrected chi connectivity index (χ2v) is 4.70. The molecule has 1 aromatic heterocycles. The van der Waals surface area contributed by atoms with Gasteiger partial charge in [-0.1, -0.05) is 60.2 Å². The molecule has 94 valence electrons. The minimum absolute atomic E-state index is 0.162. The van der Waals surface area contributed by atoms with Gasteiger partial charge in [-0.05, 0) is 18.5 Å². The van der Waals surface area contributed by atoms with Crippen molar-refractivity contribution in [1.29, 1.82) is 0 Å². The zero-order chi connectivity index (χ0) is 13.2. The Labute approximate surface area is 116 Å². The van der Waals surface area contributed by atoms with Gasteiger partial charge in [-0.15, -0.1) is 0 Å². The maximum atomic E-state index is 5.92. The van der Waals surface area contributed by atoms with Crippen molar-refractivity contribution >= 4 is 11.6 Å². The normalized spacial score (nSPS) is 10.6. The van der Waals surface area contributed by atoms with Crippen LogP contribution in [0.4, 0.5) is 0 Å². The molecule has 0 saturated heterocycles. The lowest BCUT2D eigenvalue weighted by atomic mass is 10.0. The molecule has 0 unspecified atom stereocenters. The molecule has 3 heteroatoms. The molecule has 0 spiro atoms. The van der Waals surface area contributed by atoms with Gasteiger partial charge in [0.1, 0.15) is 5.69 Å². The zero-order valence-corrected chi connectivity index (χ0v) is 11.2. The number of aryl methyl sites for hydroxylation is 1. The highest BCUT2D eigenvalue weighted by Crippen LogP contribution is 2.34. The van der Waals surface area contributed by atoms with Crippen molar-refractivity contribution in [2.24, 2.45) is 0 Å². The van der Waals surface area contributed by atoms with Crippen LogP contribution in [0.2, 0.25) is 5.35 Å². The molecule has 0 aliphatic rings. The van der Waals surface area contributed by atoms with Gasteiger partial charge in [0.15, 0.2) is 5.76 Å². The molecule has 0 fully saturated rings. The highest BCUT2D eigenvalue weighted by Gasteiger charge is 2.15. The van der Waals surface area contributed by atoms with Crippen molar-refractivity contribution in [3.63, 3.8) is 0 Å². The molecule has 3 aromatic rings. The van der Waals surface area contributed by atoms with Crippen molar-refractivity contribution in [1.82, 2.24) is 4.98 Å². The summed E-state index contributed by atoms with van der Waals surface area (Å²) in [7, 11) is 0. The van der Waals surface area contributed by atoms with Crippen LogP contribution in [-0.2, 0) is 0 Å². The highest BCUT2D eigenvalue weighted by molar-refractivity contribution is 6.28. The standard InChI is InChI=1S/C16H12ClNO/c1-11-7-9-13(10-8-11)15-14(18-16(17)19-15)12-5-3-2-4-6-12/h2-10H,1H3. The number of halogens is 1. The second kappa shape index (κ2) is 4.90. The van der Waals surface area contributed by atoms with E-state index in [1.807, 2.05) is 54.6 Å². The van der Waals surface area contributed by atoms with Crippen LogP contribution in [0.15, 0.2) is 59.0 Å². The predicted molar refractivity (Wildman–Crippen MR) is 77.1 cm³/mol. The van der Waals surface area contributed by atoms with E-state index in [4.69, 9.17) is 16.0 Å². The lowest BCUT2D eigenvalue weighted by Crippen LogP contribution is -1.82. The molecule has 0 saturated carbocycles. The van der Waals surface area contributed by atoms with E-state index >= 15 is 0 Å². The fourth-order valence-corrected chi connectivity index (χ4v) is 2.15. The zero-order valence-electron chi connectivity index (χ0n) is 10.4. The van der Waals surface area contributed by atoms with Crippen LogP contribution in [0.3, 0.4) is 0 Å². The van der Waals surface area contributed by atoms with E-state index in [1.165, 1.54) is 5.56 Å². The molecule has 0 aliphatic carbocycles. The molecule has 0 N–H and O–H groups in total. The van der Waals surface area contributed by atoms with Crippen LogP contribution in [0.5, 0.6) is 0 Å². The average Bonchev–Trinajstić information content (AvgIpc) is 2.83. The van der Waals surface area contributed by atoms with E-state index < -0.39 is 0 Å². The molecule has 19 heavy (non-hydrogen) atoms. The Morgan fingerprint density at radius 1 is 0.895 bits per heavy atom. The van der Waals surface area contributed by atoms with Gasteiger partial charge in [0.2, 0.25) is 0 Å². The lowest BCUT2D eigenvalue weighted by molar-refractivity contribution is 0.574. The molecule has 3 rings (SSSR count). The summed E-state index contributed by atoms with van der Waals surface area (Å²) >= 11 is 5.92. The predicted octanol–water partition coefficient (Wildman–Crippen LogP) is 4.97. The van der Waals surface area contributed by atoms with Crippen molar-refractivity contribution < 1.29 is 4.42 Å². The third-order valence-corrected chi connectivity index (χ3v) is 3.12. The maximum absolute atomic E-state index is 5.92. The molecule has 0 radical (unpaired) electrons. The molecule has 2 nitrogen and oxygen atoms in total. The fourth-order valence-electron chi connectivity index (χ4n) is 1.99. The molecule has 1 heterocycles. The van der Waals surface area contributed by atoms with Gasteiger partial charge in [-0.3, -0.25) is 0 Å². The Kier molecular flexibility index (Phi) is 3.10. The first-order chi connectivity index (χ1) is 9.24. The summed E-state index contributed by atoms with van der Waals surface area (Å²) in [5.41, 5.74) is 3.95. The number of benzene rings is 2. The Morgan fingerprint density at radius 2 is 1.58 bits per heavy atom. The van der Waals surface area contributed by atoms with E-state index in [0.29, 0.717) is 5.76 Å². The van der Waals surface area contributed by atoms with Gasteiger partial charge >= 0.3 is 0 Å². The van der Waals surface area contributed by atoms with E-state index in [2.05, 4.69) is 11.9 Å². The van der Waals surface area contributed by atoms with Crippen LogP contribution in [0, 0.1) is 6.92 Å². The maximum Gasteiger partial charge on any atom is 0.293 e. The largest absolute Gasteiger partial charge is 0.427 e. The van der Waals surface area contributed by atoms with Crippen LogP contribution in [0.1, 0.15) is 5.56 Å². The summed E-state index contributed by atoms with van der Waals surface area (Å²) in [6.45, 7) is 2.05. The molecule has 2 aromatic carbocycles.